The smallest absolute Gasteiger partial charge is 0.264 e. The van der Waals surface area contributed by atoms with Crippen LogP contribution in [0.4, 0.5) is 5.69 Å². The predicted octanol–water partition coefficient (Wildman–Crippen LogP) is 5.46. The van der Waals surface area contributed by atoms with Crippen molar-refractivity contribution in [2.75, 3.05) is 31.6 Å². The van der Waals surface area contributed by atoms with E-state index in [4.69, 9.17) is 32.7 Å². The number of nitrogens with one attached hydrogen (secondary N) is 1. The first-order valence-electron chi connectivity index (χ1n) is 13.3. The predicted molar refractivity (Wildman–Crippen MR) is 165 cm³/mol. The lowest BCUT2D eigenvalue weighted by atomic mass is 10.1. The standard InChI is InChI=1S/C30H35Cl2N3O6S/c1-6-16-33-30(37)21(3)34(18-24-25(31)8-7-9-26(24)32)29(36)19-35(22-12-10-20(2)11-13-22)42(38,39)23-14-15-27(40-4)28(17-23)41-5/h7-15,17,21H,6,16,18-19H2,1-5H3,(H,33,37)/t21-/m1/s1. The van der Waals surface area contributed by atoms with Gasteiger partial charge in [0.2, 0.25) is 11.8 Å². The molecule has 2 amide bonds. The normalized spacial score (nSPS) is 11.9. The molecule has 0 unspecified atom stereocenters. The maximum Gasteiger partial charge on any atom is 0.264 e. The van der Waals surface area contributed by atoms with E-state index in [-0.39, 0.29) is 22.9 Å². The highest BCUT2D eigenvalue weighted by atomic mass is 35.5. The average molecular weight is 637 g/mol. The number of hydrogen-bond acceptors (Lipinski definition) is 6. The van der Waals surface area contributed by atoms with Crippen molar-refractivity contribution >= 4 is 50.7 Å². The number of aryl methyl sites for hydroxylation is 1. The Morgan fingerprint density at radius 3 is 2.14 bits per heavy atom. The van der Waals surface area contributed by atoms with Gasteiger partial charge in [-0.05, 0) is 56.7 Å². The minimum atomic E-state index is -4.30. The molecule has 0 bridgehead atoms. The molecule has 0 saturated heterocycles. The Bertz CT molecular complexity index is 1500. The van der Waals surface area contributed by atoms with Gasteiger partial charge < -0.3 is 19.7 Å². The van der Waals surface area contributed by atoms with E-state index in [2.05, 4.69) is 5.32 Å². The number of amides is 2. The molecule has 12 heteroatoms. The Hall–Kier alpha value is -3.47. The summed E-state index contributed by atoms with van der Waals surface area (Å²) in [6.45, 7) is 5.06. The van der Waals surface area contributed by atoms with Gasteiger partial charge in [0.1, 0.15) is 12.6 Å². The van der Waals surface area contributed by atoms with Crippen LogP contribution in [0.5, 0.6) is 11.5 Å². The summed E-state index contributed by atoms with van der Waals surface area (Å²) in [4.78, 5) is 28.2. The Morgan fingerprint density at radius 1 is 0.952 bits per heavy atom. The van der Waals surface area contributed by atoms with Crippen molar-refractivity contribution in [2.45, 2.75) is 44.7 Å². The number of benzene rings is 3. The molecule has 0 aromatic heterocycles. The number of rotatable bonds is 13. The van der Waals surface area contributed by atoms with Crippen LogP contribution in [0.25, 0.3) is 0 Å². The molecule has 3 rings (SSSR count). The number of halogens is 2. The number of sulfonamides is 1. The third-order valence-electron chi connectivity index (χ3n) is 6.65. The zero-order chi connectivity index (χ0) is 31.0. The van der Waals surface area contributed by atoms with Crippen LogP contribution in [0.15, 0.2) is 65.6 Å². The maximum atomic E-state index is 14.1. The molecule has 9 nitrogen and oxygen atoms in total. The lowest BCUT2D eigenvalue weighted by Gasteiger charge is -2.32. The Kier molecular flexibility index (Phi) is 11.5. The fourth-order valence-corrected chi connectivity index (χ4v) is 6.12. The second-order valence-electron chi connectivity index (χ2n) is 9.55. The van der Waals surface area contributed by atoms with Gasteiger partial charge in [0.05, 0.1) is 24.8 Å². The number of ether oxygens (including phenoxy) is 2. The van der Waals surface area contributed by atoms with Crippen molar-refractivity contribution in [3.05, 3.63) is 81.8 Å². The molecular weight excluding hydrogens is 601 g/mol. The Labute approximate surface area is 257 Å². The minimum absolute atomic E-state index is 0.108. The van der Waals surface area contributed by atoms with Gasteiger partial charge in [-0.2, -0.15) is 0 Å². The minimum Gasteiger partial charge on any atom is -0.493 e. The number of nitrogens with zero attached hydrogens (tertiary/aromatic N) is 2. The van der Waals surface area contributed by atoms with Gasteiger partial charge >= 0.3 is 0 Å². The van der Waals surface area contributed by atoms with E-state index in [1.807, 2.05) is 13.8 Å². The molecule has 0 heterocycles. The third-order valence-corrected chi connectivity index (χ3v) is 9.13. The lowest BCUT2D eigenvalue weighted by molar-refractivity contribution is -0.139. The molecule has 0 fully saturated rings. The summed E-state index contributed by atoms with van der Waals surface area (Å²) in [6.07, 6.45) is 0.702. The summed E-state index contributed by atoms with van der Waals surface area (Å²) in [5.41, 5.74) is 1.61. The zero-order valence-corrected chi connectivity index (χ0v) is 26.5. The van der Waals surface area contributed by atoms with Gasteiger partial charge in [0, 0.05) is 34.8 Å². The summed E-state index contributed by atoms with van der Waals surface area (Å²) in [5, 5.41) is 3.43. The lowest BCUT2D eigenvalue weighted by Crippen LogP contribution is -2.51. The Balaban J connectivity index is 2.09. The van der Waals surface area contributed by atoms with Crippen LogP contribution in [0.1, 0.15) is 31.4 Å². The third kappa shape index (κ3) is 7.67. The van der Waals surface area contributed by atoms with Crippen LogP contribution in [0, 0.1) is 6.92 Å². The van der Waals surface area contributed by atoms with Crippen molar-refractivity contribution in [3.8, 4) is 11.5 Å². The molecule has 1 atom stereocenters. The van der Waals surface area contributed by atoms with Gasteiger partial charge in [0.15, 0.2) is 11.5 Å². The van der Waals surface area contributed by atoms with E-state index in [0.29, 0.717) is 34.3 Å². The van der Waals surface area contributed by atoms with E-state index >= 15 is 0 Å². The van der Waals surface area contributed by atoms with Gasteiger partial charge in [-0.3, -0.25) is 13.9 Å². The van der Waals surface area contributed by atoms with E-state index in [1.165, 1.54) is 37.3 Å². The quantitative estimate of drug-likeness (QED) is 0.267. The highest BCUT2D eigenvalue weighted by molar-refractivity contribution is 7.92. The summed E-state index contributed by atoms with van der Waals surface area (Å²) in [6, 6.07) is 14.9. The fourth-order valence-electron chi connectivity index (χ4n) is 4.18. The van der Waals surface area contributed by atoms with E-state index in [1.54, 1.807) is 49.4 Å². The van der Waals surface area contributed by atoms with Crippen LogP contribution in [0.3, 0.4) is 0 Å². The molecule has 0 saturated carbocycles. The first kappa shape index (κ1) is 33.0. The van der Waals surface area contributed by atoms with Gasteiger partial charge in [-0.25, -0.2) is 8.42 Å². The van der Waals surface area contributed by atoms with Crippen LogP contribution in [-0.2, 0) is 26.2 Å². The van der Waals surface area contributed by atoms with Gasteiger partial charge in [-0.15, -0.1) is 0 Å². The van der Waals surface area contributed by atoms with Crippen LogP contribution in [-0.4, -0.2) is 58.5 Å². The molecule has 0 radical (unpaired) electrons. The molecule has 0 aliphatic heterocycles. The van der Waals surface area contributed by atoms with Crippen LogP contribution in [0.2, 0.25) is 10.0 Å². The van der Waals surface area contributed by atoms with Crippen LogP contribution >= 0.6 is 23.2 Å². The molecule has 0 spiro atoms. The fraction of sp³-hybridized carbons (Fsp3) is 0.333. The number of carbonyl (C=O) groups is 2. The number of methoxy groups -OCH3 is 2. The molecule has 42 heavy (non-hydrogen) atoms. The maximum absolute atomic E-state index is 14.1. The largest absolute Gasteiger partial charge is 0.493 e. The second-order valence-corrected chi connectivity index (χ2v) is 12.2. The molecule has 3 aromatic rings. The Morgan fingerprint density at radius 2 is 1.57 bits per heavy atom. The number of anilines is 1. The molecule has 3 aromatic carbocycles. The average Bonchev–Trinajstić information content (AvgIpc) is 2.98. The molecule has 226 valence electrons. The van der Waals surface area contributed by atoms with Gasteiger partial charge in [0.25, 0.3) is 10.0 Å². The summed E-state index contributed by atoms with van der Waals surface area (Å²) in [5.74, 6) is -0.457. The van der Waals surface area contributed by atoms with E-state index < -0.39 is 34.4 Å². The van der Waals surface area contributed by atoms with Crippen molar-refractivity contribution in [2.24, 2.45) is 0 Å². The summed E-state index contributed by atoms with van der Waals surface area (Å²) >= 11 is 12.8. The summed E-state index contributed by atoms with van der Waals surface area (Å²) < 4.78 is 39.8. The van der Waals surface area contributed by atoms with Crippen molar-refractivity contribution in [1.29, 1.82) is 0 Å². The van der Waals surface area contributed by atoms with Crippen molar-refractivity contribution < 1.29 is 27.5 Å². The molecule has 0 aliphatic rings. The second kappa shape index (κ2) is 14.6. The van der Waals surface area contributed by atoms with E-state index in [9.17, 15) is 18.0 Å². The highest BCUT2D eigenvalue weighted by Crippen LogP contribution is 2.33. The molecule has 1 N–H and O–H groups in total. The van der Waals surface area contributed by atoms with Crippen molar-refractivity contribution in [1.82, 2.24) is 10.2 Å². The first-order valence-corrected chi connectivity index (χ1v) is 15.5. The van der Waals surface area contributed by atoms with Crippen molar-refractivity contribution in [3.63, 3.8) is 0 Å². The number of hydrogen-bond donors (Lipinski definition) is 1. The topological polar surface area (TPSA) is 105 Å². The first-order chi connectivity index (χ1) is 19.9. The number of carbonyl (C=O) groups excluding carboxylic acids is 2. The van der Waals surface area contributed by atoms with E-state index in [0.717, 1.165) is 9.87 Å². The highest BCUT2D eigenvalue weighted by Gasteiger charge is 2.33. The van der Waals surface area contributed by atoms with Gasteiger partial charge in [-0.1, -0.05) is 53.9 Å². The van der Waals surface area contributed by atoms with Crippen LogP contribution < -0.4 is 19.1 Å². The zero-order valence-electron chi connectivity index (χ0n) is 24.2. The SMILES string of the molecule is CCCNC(=O)[C@@H](C)N(Cc1c(Cl)cccc1Cl)C(=O)CN(c1ccc(C)cc1)S(=O)(=O)c1ccc(OC)c(OC)c1. The molecule has 0 aliphatic carbocycles. The molecular formula is C30H35Cl2N3O6S. The summed E-state index contributed by atoms with van der Waals surface area (Å²) in [7, 11) is -1.46. The monoisotopic (exact) mass is 635 g/mol.